The number of hydrogen-bond acceptors (Lipinski definition) is 4. The second-order valence-corrected chi connectivity index (χ2v) is 7.97. The summed E-state index contributed by atoms with van der Waals surface area (Å²) in [6.45, 7) is 8.50. The second-order valence-electron chi connectivity index (χ2n) is 7.53. The number of piperidine rings is 1. The number of halogens is 1. The van der Waals surface area contributed by atoms with Crippen LogP contribution >= 0.6 is 11.6 Å². The van der Waals surface area contributed by atoms with Crippen LogP contribution in [0.3, 0.4) is 0 Å². The van der Waals surface area contributed by atoms with E-state index in [-0.39, 0.29) is 17.9 Å². The SMILES string of the molecule is CCNc1cc(Cl)cc(C(=O)NCc2c(N3CCCCC3)[nH]c(C)cc2=O)c1C. The van der Waals surface area contributed by atoms with Crippen LogP contribution in [0.2, 0.25) is 5.02 Å². The van der Waals surface area contributed by atoms with Crippen molar-refractivity contribution >= 4 is 29.0 Å². The summed E-state index contributed by atoms with van der Waals surface area (Å²) in [7, 11) is 0. The highest BCUT2D eigenvalue weighted by atomic mass is 35.5. The Bertz CT molecular complexity index is 949. The standard InChI is InChI=1S/C22H29ClN4O2/c1-4-24-19-12-16(23)11-17(15(19)3)22(29)25-13-18-20(28)10-14(2)26-21(18)27-8-6-5-7-9-27/h10-12,24H,4-9,13H2,1-3H3,(H,25,29)(H,26,28). The van der Waals surface area contributed by atoms with Crippen molar-refractivity contribution in [1.29, 1.82) is 0 Å². The molecule has 0 spiro atoms. The van der Waals surface area contributed by atoms with E-state index >= 15 is 0 Å². The highest BCUT2D eigenvalue weighted by Crippen LogP contribution is 2.25. The molecule has 0 saturated carbocycles. The summed E-state index contributed by atoms with van der Waals surface area (Å²) in [5, 5.41) is 6.65. The van der Waals surface area contributed by atoms with Crippen LogP contribution in [0.25, 0.3) is 0 Å². The molecule has 2 heterocycles. The fourth-order valence-corrected chi connectivity index (χ4v) is 4.03. The van der Waals surface area contributed by atoms with E-state index in [1.54, 1.807) is 12.1 Å². The number of anilines is 2. The Kier molecular flexibility index (Phi) is 6.85. The van der Waals surface area contributed by atoms with Crippen LogP contribution in [0.15, 0.2) is 23.0 Å². The summed E-state index contributed by atoms with van der Waals surface area (Å²) in [5.74, 6) is 0.583. The average Bonchev–Trinajstić information content (AvgIpc) is 2.70. The van der Waals surface area contributed by atoms with Gasteiger partial charge in [-0.3, -0.25) is 9.59 Å². The number of benzene rings is 1. The summed E-state index contributed by atoms with van der Waals surface area (Å²) < 4.78 is 0. The first-order valence-corrected chi connectivity index (χ1v) is 10.6. The molecule has 1 fully saturated rings. The number of aromatic nitrogens is 1. The maximum absolute atomic E-state index is 12.9. The van der Waals surface area contributed by atoms with Gasteiger partial charge in [0.25, 0.3) is 5.91 Å². The number of aryl methyl sites for hydroxylation is 1. The van der Waals surface area contributed by atoms with E-state index in [9.17, 15) is 9.59 Å². The molecule has 2 aromatic rings. The van der Waals surface area contributed by atoms with Crippen molar-refractivity contribution in [2.45, 2.75) is 46.6 Å². The second kappa shape index (κ2) is 9.35. The van der Waals surface area contributed by atoms with Crippen LogP contribution in [-0.4, -0.2) is 30.5 Å². The first-order valence-electron chi connectivity index (χ1n) is 10.2. The van der Waals surface area contributed by atoms with Crippen LogP contribution in [0.5, 0.6) is 0 Å². The summed E-state index contributed by atoms with van der Waals surface area (Å²) in [5.41, 5.74) is 3.55. The van der Waals surface area contributed by atoms with Gasteiger partial charge in [-0.25, -0.2) is 0 Å². The average molecular weight is 417 g/mol. The predicted molar refractivity (Wildman–Crippen MR) is 119 cm³/mol. The molecule has 3 N–H and O–H groups in total. The van der Waals surface area contributed by atoms with Gasteiger partial charge in [-0.15, -0.1) is 0 Å². The number of pyridine rings is 1. The van der Waals surface area contributed by atoms with Gasteiger partial charge in [0, 0.05) is 47.7 Å². The minimum Gasteiger partial charge on any atom is -0.385 e. The van der Waals surface area contributed by atoms with Gasteiger partial charge in [0.2, 0.25) is 0 Å². The molecule has 1 aromatic heterocycles. The molecule has 29 heavy (non-hydrogen) atoms. The third-order valence-electron chi connectivity index (χ3n) is 5.33. The topological polar surface area (TPSA) is 77.2 Å². The molecule has 0 bridgehead atoms. The van der Waals surface area contributed by atoms with Gasteiger partial charge in [0.1, 0.15) is 5.82 Å². The monoisotopic (exact) mass is 416 g/mol. The molecule has 1 saturated heterocycles. The smallest absolute Gasteiger partial charge is 0.251 e. The van der Waals surface area contributed by atoms with Crippen molar-refractivity contribution in [1.82, 2.24) is 10.3 Å². The van der Waals surface area contributed by atoms with Gasteiger partial charge in [-0.05, 0) is 57.7 Å². The van der Waals surface area contributed by atoms with Gasteiger partial charge in [-0.1, -0.05) is 11.6 Å². The van der Waals surface area contributed by atoms with E-state index < -0.39 is 0 Å². The zero-order valence-electron chi connectivity index (χ0n) is 17.3. The number of hydrogen-bond donors (Lipinski definition) is 3. The minimum atomic E-state index is -0.242. The number of aromatic amines is 1. The number of carbonyl (C=O) groups excluding carboxylic acids is 1. The molecule has 6 nitrogen and oxygen atoms in total. The fourth-order valence-electron chi connectivity index (χ4n) is 3.81. The van der Waals surface area contributed by atoms with Gasteiger partial charge in [0.15, 0.2) is 5.43 Å². The summed E-state index contributed by atoms with van der Waals surface area (Å²) >= 11 is 6.21. The molecule has 0 radical (unpaired) electrons. The Labute approximate surface area is 176 Å². The van der Waals surface area contributed by atoms with E-state index in [0.29, 0.717) is 16.1 Å². The van der Waals surface area contributed by atoms with Gasteiger partial charge >= 0.3 is 0 Å². The van der Waals surface area contributed by atoms with E-state index in [1.165, 1.54) is 6.42 Å². The largest absolute Gasteiger partial charge is 0.385 e. The zero-order valence-corrected chi connectivity index (χ0v) is 18.1. The van der Waals surface area contributed by atoms with E-state index in [0.717, 1.165) is 55.2 Å². The molecular weight excluding hydrogens is 388 g/mol. The molecule has 0 aliphatic carbocycles. The molecule has 1 aromatic carbocycles. The van der Waals surface area contributed by atoms with Crippen LogP contribution in [-0.2, 0) is 6.54 Å². The summed E-state index contributed by atoms with van der Waals surface area (Å²) in [6, 6.07) is 5.07. The molecule has 3 rings (SSSR count). The predicted octanol–water partition coefficient (Wildman–Crippen LogP) is 4.00. The quantitative estimate of drug-likeness (QED) is 0.665. The molecule has 0 unspecified atom stereocenters. The Morgan fingerprint density at radius 2 is 1.90 bits per heavy atom. The first kappa shape index (κ1) is 21.2. The molecule has 1 aliphatic heterocycles. The highest BCUT2D eigenvalue weighted by Gasteiger charge is 2.19. The van der Waals surface area contributed by atoms with Crippen molar-refractivity contribution in [2.75, 3.05) is 29.9 Å². The lowest BCUT2D eigenvalue weighted by atomic mass is 10.1. The maximum Gasteiger partial charge on any atom is 0.251 e. The molecule has 0 atom stereocenters. The van der Waals surface area contributed by atoms with Gasteiger partial charge in [-0.2, -0.15) is 0 Å². The van der Waals surface area contributed by atoms with Gasteiger partial charge < -0.3 is 20.5 Å². The van der Waals surface area contributed by atoms with Crippen LogP contribution in [0, 0.1) is 13.8 Å². The van der Waals surface area contributed by atoms with Crippen LogP contribution < -0.4 is 21.0 Å². The van der Waals surface area contributed by atoms with Crippen molar-refractivity contribution in [3.05, 3.63) is 55.8 Å². The van der Waals surface area contributed by atoms with Crippen molar-refractivity contribution < 1.29 is 4.79 Å². The maximum atomic E-state index is 12.9. The zero-order chi connectivity index (χ0) is 21.0. The lowest BCUT2D eigenvalue weighted by molar-refractivity contribution is 0.0950. The molecule has 1 amide bonds. The molecule has 1 aliphatic rings. The Balaban J connectivity index is 1.85. The van der Waals surface area contributed by atoms with Crippen molar-refractivity contribution in [3.8, 4) is 0 Å². The molecular formula is C22H29ClN4O2. The van der Waals surface area contributed by atoms with E-state index in [1.807, 2.05) is 26.8 Å². The van der Waals surface area contributed by atoms with E-state index in [4.69, 9.17) is 11.6 Å². The Hall–Kier alpha value is -2.47. The fraction of sp³-hybridized carbons (Fsp3) is 0.455. The molecule has 7 heteroatoms. The third-order valence-corrected chi connectivity index (χ3v) is 5.55. The van der Waals surface area contributed by atoms with Crippen molar-refractivity contribution in [3.63, 3.8) is 0 Å². The number of carbonyl (C=O) groups is 1. The normalized spacial score (nSPS) is 14.0. The lowest BCUT2D eigenvalue weighted by Crippen LogP contribution is -2.35. The third kappa shape index (κ3) is 4.93. The number of nitrogens with zero attached hydrogens (tertiary/aromatic N) is 1. The summed E-state index contributed by atoms with van der Waals surface area (Å²) in [4.78, 5) is 31.1. The van der Waals surface area contributed by atoms with Crippen LogP contribution in [0.4, 0.5) is 11.5 Å². The van der Waals surface area contributed by atoms with Crippen molar-refractivity contribution in [2.24, 2.45) is 0 Å². The van der Waals surface area contributed by atoms with Crippen LogP contribution in [0.1, 0.15) is 53.4 Å². The number of nitrogens with one attached hydrogen (secondary N) is 3. The first-order chi connectivity index (χ1) is 13.9. The van der Waals surface area contributed by atoms with Gasteiger partial charge in [0.05, 0.1) is 12.1 Å². The Morgan fingerprint density at radius 1 is 1.17 bits per heavy atom. The number of H-pyrrole nitrogens is 1. The lowest BCUT2D eigenvalue weighted by Gasteiger charge is -2.30. The minimum absolute atomic E-state index is 0.0571. The highest BCUT2D eigenvalue weighted by molar-refractivity contribution is 6.31. The molecule has 156 valence electrons. The summed E-state index contributed by atoms with van der Waals surface area (Å²) in [6.07, 6.45) is 3.42. The van der Waals surface area contributed by atoms with E-state index in [2.05, 4.69) is 20.5 Å². The number of rotatable bonds is 6. The Morgan fingerprint density at radius 3 is 2.59 bits per heavy atom. The number of amides is 1.